The van der Waals surface area contributed by atoms with Crippen molar-refractivity contribution in [1.82, 2.24) is 18.5 Å². The number of benzene rings is 3. The van der Waals surface area contributed by atoms with Gasteiger partial charge in [0.05, 0.1) is 4.90 Å². The number of carbonyl (C=O) groups is 1. The number of carbonyl (C=O) groups excluding carboxylic acids is 1. The number of rotatable bonds is 6. The van der Waals surface area contributed by atoms with E-state index in [1.807, 2.05) is 18.2 Å². The Bertz CT molecular complexity index is 1880. The predicted octanol–water partition coefficient (Wildman–Crippen LogP) is 6.08. The van der Waals surface area contributed by atoms with Crippen molar-refractivity contribution >= 4 is 33.1 Å². The Kier molecular flexibility index (Phi) is 6.60. The van der Waals surface area contributed by atoms with Gasteiger partial charge in [-0.2, -0.15) is 0 Å². The van der Waals surface area contributed by atoms with E-state index in [4.69, 9.17) is 16.7 Å². The van der Waals surface area contributed by atoms with Crippen molar-refractivity contribution in [3.8, 4) is 22.5 Å². The average Bonchev–Trinajstić information content (AvgIpc) is 3.36. The summed E-state index contributed by atoms with van der Waals surface area (Å²) in [5, 5.41) is 5.53. The summed E-state index contributed by atoms with van der Waals surface area (Å²) < 4.78 is 44.4. The second kappa shape index (κ2) is 9.99. The first-order valence-corrected chi connectivity index (χ1v) is 14.7. The van der Waals surface area contributed by atoms with Crippen molar-refractivity contribution < 1.29 is 17.6 Å². The molecule has 0 radical (unpaired) electrons. The molecule has 2 aromatic heterocycles. The fraction of sp³-hybridized carbons (Fsp3) is 0.200. The van der Waals surface area contributed by atoms with Crippen molar-refractivity contribution in [2.24, 2.45) is 0 Å². The van der Waals surface area contributed by atoms with Gasteiger partial charge in [0.15, 0.2) is 5.82 Å². The lowest BCUT2D eigenvalue weighted by molar-refractivity contribution is 0.103. The van der Waals surface area contributed by atoms with E-state index in [1.165, 1.54) is 42.7 Å². The van der Waals surface area contributed by atoms with Gasteiger partial charge in [0.25, 0.3) is 0 Å². The van der Waals surface area contributed by atoms with Gasteiger partial charge in [-0.1, -0.05) is 35.9 Å². The van der Waals surface area contributed by atoms with Crippen molar-refractivity contribution in [2.75, 3.05) is 14.1 Å². The number of ketones is 1. The lowest BCUT2D eigenvalue weighted by Crippen LogP contribution is -2.22. The molecule has 204 valence electrons. The molecule has 3 heterocycles. The van der Waals surface area contributed by atoms with E-state index >= 15 is 0 Å². The summed E-state index contributed by atoms with van der Waals surface area (Å²) in [6.45, 7) is 0.657. The summed E-state index contributed by atoms with van der Waals surface area (Å²) in [5.74, 6) is -0.138. The minimum absolute atomic E-state index is 0.161. The number of hydrogen-bond donors (Lipinski definition) is 0. The standard InChI is InChI=1S/C30H26ClFN4O3S/c1-34(2)40(38,39)24-7-5-6-21(18-24)29-33-36-27(28(37)20-11-15-23(32)16-12-20)26(19-9-13-22(31)14-10-19)25-8-3-4-17-35(29)30(25)36/h5-7,9-16,18H,3-4,8,17H2,1-2H3. The number of aromatic nitrogens is 3. The van der Waals surface area contributed by atoms with Crippen LogP contribution >= 0.6 is 11.6 Å². The molecule has 0 bridgehead atoms. The zero-order chi connectivity index (χ0) is 28.2. The number of nitrogens with zero attached hydrogens (tertiary/aromatic N) is 4. The molecule has 0 saturated heterocycles. The minimum atomic E-state index is -3.66. The van der Waals surface area contributed by atoms with Crippen molar-refractivity contribution in [1.29, 1.82) is 0 Å². The Morgan fingerprint density at radius 2 is 1.70 bits per heavy atom. The van der Waals surface area contributed by atoms with Gasteiger partial charge >= 0.3 is 0 Å². The molecular formula is C30H26ClFN4O3S. The van der Waals surface area contributed by atoms with E-state index in [1.54, 1.807) is 34.8 Å². The molecule has 0 N–H and O–H groups in total. The second-order valence-electron chi connectivity index (χ2n) is 10.0. The van der Waals surface area contributed by atoms with E-state index in [0.717, 1.165) is 41.6 Å². The normalized spacial score (nSPS) is 13.6. The second-order valence-corrected chi connectivity index (χ2v) is 12.6. The average molecular weight is 577 g/mol. The van der Waals surface area contributed by atoms with Gasteiger partial charge in [0, 0.05) is 47.9 Å². The zero-order valence-electron chi connectivity index (χ0n) is 21.9. The minimum Gasteiger partial charge on any atom is -0.309 e. The molecule has 0 fully saturated rings. The number of sulfonamides is 1. The van der Waals surface area contributed by atoms with Gasteiger partial charge in [-0.25, -0.2) is 21.6 Å². The van der Waals surface area contributed by atoms with Crippen LogP contribution in [0.5, 0.6) is 0 Å². The molecule has 0 atom stereocenters. The number of halogens is 2. The maximum absolute atomic E-state index is 14.1. The fourth-order valence-electron chi connectivity index (χ4n) is 5.33. The lowest BCUT2D eigenvalue weighted by atomic mass is 9.95. The molecule has 0 spiro atoms. The van der Waals surface area contributed by atoms with Gasteiger partial charge in [0.1, 0.15) is 17.2 Å². The summed E-state index contributed by atoms with van der Waals surface area (Å²) in [5.41, 5.74) is 4.74. The largest absolute Gasteiger partial charge is 0.309 e. The summed E-state index contributed by atoms with van der Waals surface area (Å²) in [6, 6.07) is 19.5. The molecule has 40 heavy (non-hydrogen) atoms. The Morgan fingerprint density at radius 1 is 0.975 bits per heavy atom. The van der Waals surface area contributed by atoms with Gasteiger partial charge in [-0.15, -0.1) is 5.10 Å². The number of aryl methyl sites for hydroxylation is 2. The predicted molar refractivity (Wildman–Crippen MR) is 153 cm³/mol. The summed E-state index contributed by atoms with van der Waals surface area (Å²) in [7, 11) is -0.671. The monoisotopic (exact) mass is 576 g/mol. The quantitative estimate of drug-likeness (QED) is 0.230. The van der Waals surface area contributed by atoms with Crippen LogP contribution in [0.3, 0.4) is 0 Å². The highest BCUT2D eigenvalue weighted by Gasteiger charge is 2.31. The number of hydrogen-bond acceptors (Lipinski definition) is 4. The maximum atomic E-state index is 14.1. The Hall–Kier alpha value is -3.79. The topological polar surface area (TPSA) is 76.7 Å². The third-order valence-electron chi connectivity index (χ3n) is 7.31. The highest BCUT2D eigenvalue weighted by molar-refractivity contribution is 7.89. The molecule has 0 aliphatic carbocycles. The third kappa shape index (κ3) is 4.34. The van der Waals surface area contributed by atoms with Crippen LogP contribution in [-0.4, -0.2) is 46.8 Å². The molecule has 3 aromatic carbocycles. The van der Waals surface area contributed by atoms with Crippen molar-refractivity contribution in [3.63, 3.8) is 0 Å². The van der Waals surface area contributed by atoms with E-state index in [0.29, 0.717) is 34.2 Å². The van der Waals surface area contributed by atoms with E-state index < -0.39 is 15.8 Å². The molecule has 1 aliphatic heterocycles. The van der Waals surface area contributed by atoms with Crippen LogP contribution in [0.4, 0.5) is 4.39 Å². The van der Waals surface area contributed by atoms with Gasteiger partial charge in [-0.3, -0.25) is 4.79 Å². The van der Waals surface area contributed by atoms with Crippen LogP contribution in [0.2, 0.25) is 5.02 Å². The smallest absolute Gasteiger partial charge is 0.242 e. The van der Waals surface area contributed by atoms with Crippen LogP contribution in [-0.2, 0) is 23.0 Å². The van der Waals surface area contributed by atoms with Crippen LogP contribution in [0.25, 0.3) is 28.2 Å². The lowest BCUT2D eigenvalue weighted by Gasteiger charge is -2.13. The molecule has 0 amide bonds. The maximum Gasteiger partial charge on any atom is 0.242 e. The third-order valence-corrected chi connectivity index (χ3v) is 9.37. The molecule has 1 aliphatic rings. The fourth-order valence-corrected chi connectivity index (χ4v) is 6.41. The van der Waals surface area contributed by atoms with Gasteiger partial charge in [0.2, 0.25) is 15.8 Å². The molecule has 0 saturated carbocycles. The van der Waals surface area contributed by atoms with Crippen molar-refractivity contribution in [2.45, 2.75) is 30.7 Å². The molecule has 0 unspecified atom stereocenters. The zero-order valence-corrected chi connectivity index (χ0v) is 23.5. The van der Waals surface area contributed by atoms with E-state index in [9.17, 15) is 17.6 Å². The first-order valence-electron chi connectivity index (χ1n) is 12.9. The summed E-state index contributed by atoms with van der Waals surface area (Å²) in [6.07, 6.45) is 2.53. The highest BCUT2D eigenvalue weighted by Crippen LogP contribution is 2.39. The Labute approximate surface area is 236 Å². The summed E-state index contributed by atoms with van der Waals surface area (Å²) >= 11 is 6.19. The van der Waals surface area contributed by atoms with Crippen LogP contribution < -0.4 is 0 Å². The molecule has 7 nitrogen and oxygen atoms in total. The first-order chi connectivity index (χ1) is 19.2. The molecule has 5 aromatic rings. The van der Waals surface area contributed by atoms with Gasteiger partial charge in [-0.05, 0) is 73.4 Å². The molecular weight excluding hydrogens is 551 g/mol. The Balaban J connectivity index is 1.64. The highest BCUT2D eigenvalue weighted by atomic mass is 35.5. The molecule has 10 heteroatoms. The van der Waals surface area contributed by atoms with Crippen molar-refractivity contribution in [3.05, 3.63) is 100 Å². The van der Waals surface area contributed by atoms with E-state index in [-0.39, 0.29) is 10.7 Å². The SMILES string of the molecule is CN(C)S(=O)(=O)c1cccc(-c2nn3c(C(=O)c4ccc(F)cc4)c(-c4ccc(Cl)cc4)c4c3n2CCCC4)c1. The Morgan fingerprint density at radius 3 is 2.40 bits per heavy atom. The van der Waals surface area contributed by atoms with Gasteiger partial charge < -0.3 is 4.57 Å². The summed E-state index contributed by atoms with van der Waals surface area (Å²) in [4.78, 5) is 14.2. The van der Waals surface area contributed by atoms with Crippen LogP contribution in [0, 0.1) is 5.82 Å². The molecule has 6 rings (SSSR count). The van der Waals surface area contributed by atoms with E-state index in [2.05, 4.69) is 4.57 Å². The van der Waals surface area contributed by atoms with Crippen LogP contribution in [0.1, 0.15) is 34.5 Å². The van der Waals surface area contributed by atoms with Crippen LogP contribution in [0.15, 0.2) is 77.7 Å². The first kappa shape index (κ1) is 26.4.